The van der Waals surface area contributed by atoms with Crippen molar-refractivity contribution < 1.29 is 57.7 Å². The largest absolute Gasteiger partial charge is 0.497 e. The van der Waals surface area contributed by atoms with Crippen LogP contribution < -0.4 is 42.4 Å². The number of methoxy groups -OCH3 is 2. The van der Waals surface area contributed by atoms with E-state index in [9.17, 15) is 43.5 Å². The van der Waals surface area contributed by atoms with Gasteiger partial charge in [-0.25, -0.2) is 39.7 Å². The van der Waals surface area contributed by atoms with Crippen LogP contribution in [0, 0.1) is 12.8 Å². The van der Waals surface area contributed by atoms with Crippen molar-refractivity contribution in [1.29, 1.82) is 0 Å². The Labute approximate surface area is 552 Å². The summed E-state index contributed by atoms with van der Waals surface area (Å²) in [5.41, 5.74) is 7.55. The second kappa shape index (κ2) is 28.1. The smallest absolute Gasteiger partial charge is 0.353 e. The van der Waals surface area contributed by atoms with E-state index < -0.39 is 89.7 Å². The van der Waals surface area contributed by atoms with Crippen molar-refractivity contribution in [2.24, 2.45) is 11.7 Å². The molecule has 2 aromatic carbocycles. The van der Waals surface area contributed by atoms with Crippen molar-refractivity contribution in [3.63, 3.8) is 0 Å². The fourth-order valence-corrected chi connectivity index (χ4v) is 14.8. The number of nitrogens with two attached hydrogens (primary N) is 1. The number of pyridine rings is 1. The van der Waals surface area contributed by atoms with E-state index in [4.69, 9.17) is 35.1 Å². The van der Waals surface area contributed by atoms with Gasteiger partial charge in [0, 0.05) is 49.7 Å². The zero-order valence-electron chi connectivity index (χ0n) is 49.4. The highest BCUT2D eigenvalue weighted by Gasteiger charge is 2.40. The summed E-state index contributed by atoms with van der Waals surface area (Å²) in [4.78, 5) is 143. The summed E-state index contributed by atoms with van der Waals surface area (Å²) >= 11 is 6.75. The van der Waals surface area contributed by atoms with Crippen LogP contribution in [0.2, 0.25) is 0 Å². The summed E-state index contributed by atoms with van der Waals surface area (Å²) in [6.45, 7) is 11.0. The first-order valence-corrected chi connectivity index (χ1v) is 33.3. The molecule has 7 atom stereocenters. The van der Waals surface area contributed by atoms with Gasteiger partial charge >= 0.3 is 5.97 Å². The van der Waals surface area contributed by atoms with Gasteiger partial charge in [0.15, 0.2) is 0 Å². The van der Waals surface area contributed by atoms with Crippen LogP contribution in [0.4, 0.5) is 0 Å². The lowest BCUT2D eigenvalue weighted by Gasteiger charge is -2.26. The number of aliphatic hydroxyl groups excluding tert-OH is 1. The van der Waals surface area contributed by atoms with Gasteiger partial charge in [-0.2, -0.15) is 0 Å². The second-order valence-electron chi connectivity index (χ2n) is 21.0. The molecule has 476 valence electrons. The van der Waals surface area contributed by atoms with Crippen LogP contribution in [0.5, 0.6) is 5.75 Å². The van der Waals surface area contributed by atoms with Crippen molar-refractivity contribution in [2.75, 3.05) is 20.8 Å². The van der Waals surface area contributed by atoms with Crippen molar-refractivity contribution in [3.05, 3.63) is 172 Å². The van der Waals surface area contributed by atoms with E-state index in [1.54, 1.807) is 79.0 Å². The SMILES string of the molecule is C=C(NC(=O)c1csc(-c2ccc3c(n2)-c2csc(n2)-c2csc(n2)[C@H]([C@@H](C)[C@@H]2CO2)NC(=O)[C@H](Cc2ccc(OC)cc2)NC(=O)c2csc(n2)[C@H]([C@H](O)c2ccccc2)NC(=O)c2nc(sc2C)[C@H](CC(N)=O)NC(=O)c2csc-3n2)n1)C(=O)NC(=C)C(=O)OC. The summed E-state index contributed by atoms with van der Waals surface area (Å²) in [5, 5.41) is 38.3. The number of carbonyl (C=O) groups excluding carboxylic acids is 8. The normalized spacial score (nSPS) is 18.1. The first-order valence-electron chi connectivity index (χ1n) is 28.1. The van der Waals surface area contributed by atoms with Crippen LogP contribution in [-0.2, 0) is 35.1 Å². The summed E-state index contributed by atoms with van der Waals surface area (Å²) in [7, 11) is 2.64. The molecule has 7 amide bonds. The second-order valence-corrected chi connectivity index (χ2v) is 26.5. The van der Waals surface area contributed by atoms with E-state index in [0.717, 1.165) is 52.5 Å². The number of hydrogen-bond donors (Lipinski definition) is 8. The van der Waals surface area contributed by atoms with Gasteiger partial charge in [-0.15, -0.1) is 68.0 Å². The monoisotopic (exact) mass is 1370 g/mol. The topological polar surface area (TPSA) is 376 Å². The number of nitrogens with one attached hydrogen (secondary N) is 6. The lowest BCUT2D eigenvalue weighted by Crippen LogP contribution is -2.50. The number of amides is 7. The predicted molar refractivity (Wildman–Crippen MR) is 347 cm³/mol. The molecule has 26 nitrogen and oxygen atoms in total. The molecule has 9 aromatic rings. The summed E-state index contributed by atoms with van der Waals surface area (Å²) in [6, 6.07) is 14.6. The molecule has 1 fully saturated rings. The zero-order valence-corrected chi connectivity index (χ0v) is 54.3. The Morgan fingerprint density at radius 1 is 0.667 bits per heavy atom. The molecular formula is C61H54N14O12S6. The number of aliphatic hydroxyl groups is 1. The van der Waals surface area contributed by atoms with E-state index in [1.165, 1.54) is 45.9 Å². The van der Waals surface area contributed by atoms with E-state index in [0.29, 0.717) is 66.0 Å². The third kappa shape index (κ3) is 14.8. The Morgan fingerprint density at radius 3 is 2.01 bits per heavy atom. The van der Waals surface area contributed by atoms with Gasteiger partial charge in [-0.1, -0.05) is 62.5 Å². The Morgan fingerprint density at radius 2 is 1.30 bits per heavy atom. The lowest BCUT2D eigenvalue weighted by atomic mass is 9.97. The third-order valence-corrected chi connectivity index (χ3v) is 20.1. The number of nitrogens with zero attached hydrogens (tertiary/aromatic N) is 7. The van der Waals surface area contributed by atoms with E-state index in [1.807, 2.05) is 12.3 Å². The molecule has 2 aliphatic heterocycles. The van der Waals surface area contributed by atoms with E-state index in [-0.39, 0.29) is 67.6 Å². The Hall–Kier alpha value is -9.67. The molecule has 11 rings (SSSR count). The minimum absolute atomic E-state index is 0.0295. The number of ether oxygens (including phenoxy) is 3. The number of esters is 1. The molecule has 2 aliphatic rings. The van der Waals surface area contributed by atoms with Crippen LogP contribution in [0.1, 0.15) is 111 Å². The van der Waals surface area contributed by atoms with Gasteiger partial charge < -0.3 is 57.0 Å². The number of fused-ring (bicyclic) bond motifs is 14. The molecule has 93 heavy (non-hydrogen) atoms. The number of carbonyl (C=O) groups is 8. The Kier molecular flexibility index (Phi) is 19.6. The molecule has 0 unspecified atom stereocenters. The maximum Gasteiger partial charge on any atom is 0.353 e. The van der Waals surface area contributed by atoms with Gasteiger partial charge in [-0.3, -0.25) is 33.6 Å². The molecule has 0 saturated carbocycles. The van der Waals surface area contributed by atoms with Crippen LogP contribution in [-0.4, -0.2) is 120 Å². The molecular weight excluding hydrogens is 1310 g/mol. The van der Waals surface area contributed by atoms with Gasteiger partial charge in [0.05, 0.1) is 56.8 Å². The standard InChI is InChI=1S/C61H54N14O12S6/c1-26(42-20-87-42)44-59-72-41(25-92-59)57-68-37(21-89-57)46-33(16-17-34(65-46)56-70-38(23-90-56)51(80)63-27(2)49(78)64-28(3)61(84)86-6)55-69-39(22-88-55)53(82)67-36(19-43(62)76)58-75-45(29(4)93-58)54(83)74-47(48(77)31-10-8-7-9-11-31)60-71-40(24-91-60)52(81)66-35(50(79)73-44)18-30-12-14-32(85-5)15-13-30/h7-17,21-26,35-36,42,44,47-48,77H,2-3,18-20H2,1,4-6H3,(H2,62,76)(H,63,80)(H,64,78)(H,66,81)(H,67,82)(H,73,79)(H,74,83)/t26-,35-,36-,42-,44-,47-,48+/m0/s1. The summed E-state index contributed by atoms with van der Waals surface area (Å²) < 4.78 is 15.7. The number of thiazole rings is 6. The number of aromatic nitrogens is 7. The third-order valence-electron chi connectivity index (χ3n) is 14.6. The van der Waals surface area contributed by atoms with Gasteiger partial charge in [-0.05, 0) is 42.3 Å². The van der Waals surface area contributed by atoms with Crippen molar-refractivity contribution >= 4 is 115 Å². The molecule has 0 spiro atoms. The average Bonchev–Trinajstić information content (AvgIpc) is 1.74. The number of aryl methyl sites for hydroxylation is 1. The number of primary amides is 1. The Balaban J connectivity index is 0.980. The molecule has 7 aromatic heterocycles. The average molecular weight is 1370 g/mol. The first-order chi connectivity index (χ1) is 44.7. The van der Waals surface area contributed by atoms with E-state index >= 15 is 0 Å². The highest BCUT2D eigenvalue weighted by molar-refractivity contribution is 7.15. The zero-order chi connectivity index (χ0) is 65.8. The maximum absolute atomic E-state index is 15.0. The quantitative estimate of drug-likeness (QED) is 0.0292. The number of rotatable bonds is 15. The van der Waals surface area contributed by atoms with Crippen LogP contribution >= 0.6 is 68.0 Å². The predicted octanol–water partition coefficient (Wildman–Crippen LogP) is 6.95. The number of epoxide rings is 1. The molecule has 9 heterocycles. The van der Waals surface area contributed by atoms with Crippen LogP contribution in [0.15, 0.2) is 118 Å². The molecule has 0 radical (unpaired) electrons. The summed E-state index contributed by atoms with van der Waals surface area (Å²) in [5.74, 6) is -5.87. The fraction of sp³-hybridized carbons (Fsp3) is 0.230. The minimum Gasteiger partial charge on any atom is -0.497 e. The molecule has 1 saturated heterocycles. The number of hydrogen-bond acceptors (Lipinski definition) is 25. The van der Waals surface area contributed by atoms with Gasteiger partial charge in [0.2, 0.25) is 11.8 Å². The van der Waals surface area contributed by atoms with Crippen LogP contribution in [0.25, 0.3) is 43.4 Å². The lowest BCUT2D eigenvalue weighted by molar-refractivity contribution is -0.137. The minimum atomic E-state index is -1.41. The summed E-state index contributed by atoms with van der Waals surface area (Å²) in [6.07, 6.45) is -2.03. The highest BCUT2D eigenvalue weighted by Crippen LogP contribution is 2.41. The van der Waals surface area contributed by atoms with Crippen LogP contribution in [0.3, 0.4) is 0 Å². The maximum atomic E-state index is 15.0. The molecule has 9 N–H and O–H groups in total. The van der Waals surface area contributed by atoms with Gasteiger partial charge in [0.1, 0.15) is 99.5 Å². The Bertz CT molecular complexity index is 4400. The van der Waals surface area contributed by atoms with Crippen molar-refractivity contribution in [1.82, 2.24) is 66.8 Å². The highest BCUT2D eigenvalue weighted by atomic mass is 32.1. The van der Waals surface area contributed by atoms with Crippen molar-refractivity contribution in [2.45, 2.75) is 63.1 Å². The molecule has 10 bridgehead atoms. The van der Waals surface area contributed by atoms with Gasteiger partial charge in [0.25, 0.3) is 29.5 Å². The molecule has 0 aliphatic carbocycles. The number of benzene rings is 2. The van der Waals surface area contributed by atoms with E-state index in [2.05, 4.69) is 64.7 Å². The fourth-order valence-electron chi connectivity index (χ4n) is 9.57. The van der Waals surface area contributed by atoms with Crippen molar-refractivity contribution in [3.8, 4) is 49.1 Å². The molecule has 32 heteroatoms. The first kappa shape index (κ1) is 64.8.